The molecule has 0 saturated heterocycles. The molecule has 7 nitrogen and oxygen atoms in total. The van der Waals surface area contributed by atoms with E-state index in [2.05, 4.69) is 9.97 Å². The summed E-state index contributed by atoms with van der Waals surface area (Å²) in [5, 5.41) is 0.498. The predicted octanol–water partition coefficient (Wildman–Crippen LogP) is 3.01. The van der Waals surface area contributed by atoms with E-state index >= 15 is 0 Å². The molecule has 7 heteroatoms. The number of carbonyl (C=O) groups excluding carboxylic acids is 2. The summed E-state index contributed by atoms with van der Waals surface area (Å²) in [7, 11) is 0. The van der Waals surface area contributed by atoms with Crippen molar-refractivity contribution in [3.05, 3.63) is 76.3 Å². The Bertz CT molecular complexity index is 1070. The van der Waals surface area contributed by atoms with Crippen LogP contribution in [0.3, 0.4) is 0 Å². The monoisotopic (exact) mass is 407 g/mol. The molecule has 0 saturated carbocycles. The Morgan fingerprint density at radius 1 is 1.03 bits per heavy atom. The molecule has 1 amide bonds. The molecule has 0 aliphatic rings. The van der Waals surface area contributed by atoms with Gasteiger partial charge in [0.25, 0.3) is 11.5 Å². The van der Waals surface area contributed by atoms with E-state index in [0.29, 0.717) is 35.4 Å². The van der Waals surface area contributed by atoms with E-state index in [1.807, 2.05) is 19.9 Å². The molecule has 30 heavy (non-hydrogen) atoms. The SMILES string of the molecule is CCN(CC)C(=O)[C@@H](OC(=O)CCc1nc2ccccc2c(=O)[nH]1)c1ccccc1. The number of aromatic nitrogens is 2. The summed E-state index contributed by atoms with van der Waals surface area (Å²) < 4.78 is 5.57. The number of hydrogen-bond acceptors (Lipinski definition) is 5. The van der Waals surface area contributed by atoms with Gasteiger partial charge in [-0.1, -0.05) is 42.5 Å². The molecule has 0 radical (unpaired) electrons. The number of aromatic amines is 1. The van der Waals surface area contributed by atoms with E-state index in [1.165, 1.54) is 0 Å². The number of nitrogens with zero attached hydrogens (tertiary/aromatic N) is 2. The van der Waals surface area contributed by atoms with Crippen molar-refractivity contribution in [2.45, 2.75) is 32.8 Å². The normalized spacial score (nSPS) is 11.8. The van der Waals surface area contributed by atoms with Crippen LogP contribution >= 0.6 is 0 Å². The van der Waals surface area contributed by atoms with Crippen molar-refractivity contribution in [2.24, 2.45) is 0 Å². The second kappa shape index (κ2) is 9.82. The van der Waals surface area contributed by atoms with Crippen LogP contribution in [0.4, 0.5) is 0 Å². The second-order valence-electron chi connectivity index (χ2n) is 6.82. The van der Waals surface area contributed by atoms with E-state index in [-0.39, 0.29) is 24.3 Å². The highest BCUT2D eigenvalue weighted by Crippen LogP contribution is 2.21. The van der Waals surface area contributed by atoms with Gasteiger partial charge in [0.1, 0.15) is 5.82 Å². The lowest BCUT2D eigenvalue weighted by atomic mass is 10.1. The van der Waals surface area contributed by atoms with Crippen LogP contribution < -0.4 is 5.56 Å². The lowest BCUT2D eigenvalue weighted by Gasteiger charge is -2.25. The van der Waals surface area contributed by atoms with Crippen molar-refractivity contribution in [2.75, 3.05) is 13.1 Å². The third-order valence-corrected chi connectivity index (χ3v) is 4.88. The van der Waals surface area contributed by atoms with Gasteiger partial charge >= 0.3 is 5.97 Å². The maximum absolute atomic E-state index is 12.9. The van der Waals surface area contributed by atoms with E-state index in [9.17, 15) is 14.4 Å². The van der Waals surface area contributed by atoms with Gasteiger partial charge in [0.15, 0.2) is 0 Å². The topological polar surface area (TPSA) is 92.4 Å². The van der Waals surface area contributed by atoms with Crippen LogP contribution in [0.25, 0.3) is 10.9 Å². The molecule has 3 rings (SSSR count). The van der Waals surface area contributed by atoms with Gasteiger partial charge < -0.3 is 14.6 Å². The van der Waals surface area contributed by atoms with Gasteiger partial charge in [0.05, 0.1) is 17.3 Å². The Morgan fingerprint density at radius 3 is 2.40 bits per heavy atom. The number of likely N-dealkylation sites (N-methyl/N-ethyl adjacent to an activating group) is 1. The van der Waals surface area contributed by atoms with Gasteiger partial charge in [-0.25, -0.2) is 4.98 Å². The molecule has 0 spiro atoms. The van der Waals surface area contributed by atoms with E-state index in [4.69, 9.17) is 4.74 Å². The predicted molar refractivity (Wildman–Crippen MR) is 114 cm³/mol. The van der Waals surface area contributed by atoms with Gasteiger partial charge in [0.2, 0.25) is 6.10 Å². The Kier molecular flexibility index (Phi) is 6.95. The number of esters is 1. The van der Waals surface area contributed by atoms with Gasteiger partial charge in [-0.2, -0.15) is 0 Å². The average Bonchev–Trinajstić information content (AvgIpc) is 2.77. The average molecular weight is 407 g/mol. The fraction of sp³-hybridized carbons (Fsp3) is 0.304. The second-order valence-corrected chi connectivity index (χ2v) is 6.82. The van der Waals surface area contributed by atoms with Crippen molar-refractivity contribution >= 4 is 22.8 Å². The summed E-state index contributed by atoms with van der Waals surface area (Å²) in [6.45, 7) is 4.82. The minimum atomic E-state index is -0.998. The largest absolute Gasteiger partial charge is 0.447 e. The quantitative estimate of drug-likeness (QED) is 0.580. The van der Waals surface area contributed by atoms with Crippen molar-refractivity contribution in [3.63, 3.8) is 0 Å². The first-order chi connectivity index (χ1) is 14.5. The summed E-state index contributed by atoms with van der Waals surface area (Å²) in [5.41, 5.74) is 0.950. The van der Waals surface area contributed by atoms with Crippen molar-refractivity contribution in [1.82, 2.24) is 14.9 Å². The lowest BCUT2D eigenvalue weighted by Crippen LogP contribution is -2.36. The summed E-state index contributed by atoms with van der Waals surface area (Å²) >= 11 is 0. The number of amides is 1. The lowest BCUT2D eigenvalue weighted by molar-refractivity contribution is -0.160. The Labute approximate surface area is 174 Å². The molecule has 0 bridgehead atoms. The fourth-order valence-electron chi connectivity index (χ4n) is 3.25. The zero-order valence-corrected chi connectivity index (χ0v) is 17.1. The van der Waals surface area contributed by atoms with Crippen molar-refractivity contribution in [3.8, 4) is 0 Å². The molecule has 1 atom stereocenters. The smallest absolute Gasteiger partial charge is 0.307 e. The van der Waals surface area contributed by atoms with Crippen LogP contribution in [-0.4, -0.2) is 39.8 Å². The number of ether oxygens (including phenoxy) is 1. The molecular formula is C23H25N3O4. The maximum atomic E-state index is 12.9. The molecule has 0 unspecified atom stereocenters. The zero-order valence-electron chi connectivity index (χ0n) is 17.1. The highest BCUT2D eigenvalue weighted by atomic mass is 16.5. The van der Waals surface area contributed by atoms with Gasteiger partial charge in [0, 0.05) is 25.1 Å². The summed E-state index contributed by atoms with van der Waals surface area (Å²) in [4.78, 5) is 46.3. The number of aryl methyl sites for hydroxylation is 1. The molecule has 1 aromatic heterocycles. The Morgan fingerprint density at radius 2 is 1.70 bits per heavy atom. The van der Waals surface area contributed by atoms with Crippen LogP contribution in [-0.2, 0) is 20.7 Å². The molecule has 1 N–H and O–H groups in total. The summed E-state index contributed by atoms with van der Waals surface area (Å²) in [5.74, 6) is -0.376. The molecule has 156 valence electrons. The number of carbonyl (C=O) groups is 2. The number of nitrogens with one attached hydrogen (secondary N) is 1. The molecule has 0 aliphatic heterocycles. The van der Waals surface area contributed by atoms with E-state index in [0.717, 1.165) is 0 Å². The first-order valence-electron chi connectivity index (χ1n) is 10.0. The first kappa shape index (κ1) is 21.2. The minimum absolute atomic E-state index is 0.00383. The van der Waals surface area contributed by atoms with E-state index < -0.39 is 12.1 Å². The summed E-state index contributed by atoms with van der Waals surface area (Å²) in [6, 6.07) is 16.0. The van der Waals surface area contributed by atoms with Gasteiger partial charge in [-0.15, -0.1) is 0 Å². The van der Waals surface area contributed by atoms with Crippen molar-refractivity contribution in [1.29, 1.82) is 0 Å². The molecule has 3 aromatic rings. The minimum Gasteiger partial charge on any atom is -0.447 e. The van der Waals surface area contributed by atoms with Gasteiger partial charge in [-0.3, -0.25) is 14.4 Å². The maximum Gasteiger partial charge on any atom is 0.307 e. The zero-order chi connectivity index (χ0) is 21.5. The Hall–Kier alpha value is -3.48. The van der Waals surface area contributed by atoms with Crippen LogP contribution in [0.15, 0.2) is 59.4 Å². The third-order valence-electron chi connectivity index (χ3n) is 4.88. The molecule has 2 aromatic carbocycles. The number of hydrogen-bond donors (Lipinski definition) is 1. The number of para-hydroxylation sites is 1. The molecular weight excluding hydrogens is 382 g/mol. The van der Waals surface area contributed by atoms with E-state index in [1.54, 1.807) is 53.4 Å². The molecule has 1 heterocycles. The van der Waals surface area contributed by atoms with Crippen molar-refractivity contribution < 1.29 is 14.3 Å². The number of rotatable bonds is 8. The van der Waals surface area contributed by atoms with Crippen LogP contribution in [0.1, 0.15) is 37.8 Å². The van der Waals surface area contributed by atoms with Crippen LogP contribution in [0.5, 0.6) is 0 Å². The third kappa shape index (κ3) is 4.92. The number of benzene rings is 2. The van der Waals surface area contributed by atoms with Crippen LogP contribution in [0, 0.1) is 0 Å². The number of fused-ring (bicyclic) bond motifs is 1. The molecule has 0 aliphatic carbocycles. The highest BCUT2D eigenvalue weighted by molar-refractivity contribution is 5.85. The molecule has 0 fully saturated rings. The Balaban J connectivity index is 1.73. The fourth-order valence-corrected chi connectivity index (χ4v) is 3.25. The standard InChI is InChI=1S/C23H25N3O4/c1-3-26(4-2)23(29)21(16-10-6-5-7-11-16)30-20(27)15-14-19-24-18-13-9-8-12-17(18)22(28)25-19/h5-13,21H,3-4,14-15H2,1-2H3,(H,24,25,28)/t21-/m0/s1. The van der Waals surface area contributed by atoms with Crippen LogP contribution in [0.2, 0.25) is 0 Å². The van der Waals surface area contributed by atoms with Gasteiger partial charge in [-0.05, 0) is 26.0 Å². The number of H-pyrrole nitrogens is 1. The highest BCUT2D eigenvalue weighted by Gasteiger charge is 2.28. The first-order valence-corrected chi connectivity index (χ1v) is 10.0. The summed E-state index contributed by atoms with van der Waals surface area (Å²) in [6.07, 6.45) is -0.794.